The minimum atomic E-state index is -0.0728. The van der Waals surface area contributed by atoms with Crippen LogP contribution >= 0.6 is 0 Å². The summed E-state index contributed by atoms with van der Waals surface area (Å²) in [6.45, 7) is 0. The predicted octanol–water partition coefficient (Wildman–Crippen LogP) is 1.43. The fourth-order valence-corrected chi connectivity index (χ4v) is 2.76. The minimum Gasteiger partial charge on any atom is -0.359 e. The van der Waals surface area contributed by atoms with Crippen LogP contribution in [0.3, 0.4) is 0 Å². The summed E-state index contributed by atoms with van der Waals surface area (Å²) < 4.78 is 0. The largest absolute Gasteiger partial charge is 0.359 e. The Labute approximate surface area is 125 Å². The molecule has 0 aromatic heterocycles. The summed E-state index contributed by atoms with van der Waals surface area (Å²) in [6.07, 6.45) is 3.88. The second-order valence-electron chi connectivity index (χ2n) is 5.62. The van der Waals surface area contributed by atoms with Crippen LogP contribution in [-0.2, 0) is 16.0 Å². The van der Waals surface area contributed by atoms with Crippen molar-refractivity contribution >= 4 is 17.5 Å². The summed E-state index contributed by atoms with van der Waals surface area (Å²) >= 11 is 0. The molecule has 0 radical (unpaired) electrons. The van der Waals surface area contributed by atoms with E-state index in [4.69, 9.17) is 5.73 Å². The number of carbonyl (C=O) groups excluding carboxylic acids is 2. The Kier molecular flexibility index (Phi) is 5.33. The van der Waals surface area contributed by atoms with Gasteiger partial charge in [-0.3, -0.25) is 9.59 Å². The zero-order valence-corrected chi connectivity index (χ0v) is 12.4. The highest BCUT2D eigenvalue weighted by Gasteiger charge is 2.25. The average Bonchev–Trinajstić information content (AvgIpc) is 2.49. The quantitative estimate of drug-likeness (QED) is 0.784. The number of carbonyl (C=O) groups is 2. The van der Waals surface area contributed by atoms with Crippen molar-refractivity contribution in [2.75, 3.05) is 12.4 Å². The van der Waals surface area contributed by atoms with Crippen LogP contribution in [0.1, 0.15) is 31.2 Å². The van der Waals surface area contributed by atoms with Crippen molar-refractivity contribution in [2.24, 2.45) is 11.7 Å². The molecule has 4 N–H and O–H groups in total. The van der Waals surface area contributed by atoms with Crippen LogP contribution in [0.5, 0.6) is 0 Å². The summed E-state index contributed by atoms with van der Waals surface area (Å²) in [5.41, 5.74) is 7.47. The number of amides is 2. The molecule has 2 unspecified atom stereocenters. The van der Waals surface area contributed by atoms with Crippen molar-refractivity contribution in [3.8, 4) is 0 Å². The lowest BCUT2D eigenvalue weighted by molar-refractivity contribution is -0.121. The summed E-state index contributed by atoms with van der Waals surface area (Å²) in [5.74, 6) is -0.0901. The number of para-hydroxylation sites is 1. The first-order valence-corrected chi connectivity index (χ1v) is 7.45. The van der Waals surface area contributed by atoms with E-state index in [1.54, 1.807) is 7.05 Å². The normalized spacial score (nSPS) is 21.6. The highest BCUT2D eigenvalue weighted by molar-refractivity contribution is 5.94. The Morgan fingerprint density at radius 3 is 2.76 bits per heavy atom. The standard InChI is InChI=1S/C16H23N3O2/c1-18-15(20)10-11-5-2-3-8-14(11)19-16(21)12-6-4-7-13(17)9-12/h2-3,5,8,12-13H,4,6-7,9-10,17H2,1H3,(H,18,20)(H,19,21). The van der Waals surface area contributed by atoms with E-state index in [1.807, 2.05) is 24.3 Å². The summed E-state index contributed by atoms with van der Waals surface area (Å²) in [4.78, 5) is 23.9. The van der Waals surface area contributed by atoms with Gasteiger partial charge in [-0.15, -0.1) is 0 Å². The molecule has 0 saturated heterocycles. The van der Waals surface area contributed by atoms with Gasteiger partial charge in [-0.05, 0) is 30.9 Å². The molecule has 0 bridgehead atoms. The highest BCUT2D eigenvalue weighted by atomic mass is 16.2. The second-order valence-corrected chi connectivity index (χ2v) is 5.62. The molecule has 1 aliphatic carbocycles. The Hall–Kier alpha value is -1.88. The maximum Gasteiger partial charge on any atom is 0.227 e. The molecule has 0 aliphatic heterocycles. The fraction of sp³-hybridized carbons (Fsp3) is 0.500. The second kappa shape index (κ2) is 7.22. The van der Waals surface area contributed by atoms with Gasteiger partial charge >= 0.3 is 0 Å². The lowest BCUT2D eigenvalue weighted by Gasteiger charge is -2.26. The topological polar surface area (TPSA) is 84.2 Å². The van der Waals surface area contributed by atoms with Gasteiger partial charge in [-0.25, -0.2) is 0 Å². The van der Waals surface area contributed by atoms with Gasteiger partial charge in [-0.1, -0.05) is 24.6 Å². The highest BCUT2D eigenvalue weighted by Crippen LogP contribution is 2.25. The van der Waals surface area contributed by atoms with E-state index >= 15 is 0 Å². The van der Waals surface area contributed by atoms with Crippen LogP contribution in [0.25, 0.3) is 0 Å². The average molecular weight is 289 g/mol. The van der Waals surface area contributed by atoms with Crippen molar-refractivity contribution in [3.05, 3.63) is 29.8 Å². The third-order valence-corrected chi connectivity index (χ3v) is 3.99. The van der Waals surface area contributed by atoms with Crippen LogP contribution in [0.15, 0.2) is 24.3 Å². The number of hydrogen-bond acceptors (Lipinski definition) is 3. The lowest BCUT2D eigenvalue weighted by atomic mass is 9.85. The van der Waals surface area contributed by atoms with Crippen LogP contribution in [0, 0.1) is 5.92 Å². The number of nitrogens with two attached hydrogens (primary N) is 1. The fourth-order valence-electron chi connectivity index (χ4n) is 2.76. The van der Waals surface area contributed by atoms with Crippen LogP contribution in [-0.4, -0.2) is 24.9 Å². The Morgan fingerprint density at radius 1 is 1.29 bits per heavy atom. The zero-order valence-electron chi connectivity index (χ0n) is 12.4. The number of hydrogen-bond donors (Lipinski definition) is 3. The van der Waals surface area contributed by atoms with Gasteiger partial charge in [0.15, 0.2) is 0 Å². The van der Waals surface area contributed by atoms with Gasteiger partial charge < -0.3 is 16.4 Å². The van der Waals surface area contributed by atoms with Crippen LogP contribution in [0.2, 0.25) is 0 Å². The summed E-state index contributed by atoms with van der Waals surface area (Å²) in [5, 5.41) is 5.55. The Balaban J connectivity index is 2.04. The lowest BCUT2D eigenvalue weighted by Crippen LogP contribution is -2.34. The van der Waals surface area contributed by atoms with Gasteiger partial charge in [0.2, 0.25) is 11.8 Å². The molecule has 1 aromatic carbocycles. The van der Waals surface area contributed by atoms with Crippen LogP contribution in [0.4, 0.5) is 5.69 Å². The Bertz CT molecular complexity index is 516. The Morgan fingerprint density at radius 2 is 2.05 bits per heavy atom. The molecule has 1 aliphatic rings. The van der Waals surface area contributed by atoms with Gasteiger partial charge in [0.1, 0.15) is 0 Å². The molecule has 21 heavy (non-hydrogen) atoms. The summed E-state index contributed by atoms with van der Waals surface area (Å²) in [6, 6.07) is 7.53. The van der Waals surface area contributed by atoms with E-state index in [2.05, 4.69) is 10.6 Å². The van der Waals surface area contributed by atoms with Crippen molar-refractivity contribution in [3.63, 3.8) is 0 Å². The number of benzene rings is 1. The molecule has 0 heterocycles. The predicted molar refractivity (Wildman–Crippen MR) is 82.8 cm³/mol. The van der Waals surface area contributed by atoms with Crippen LogP contribution < -0.4 is 16.4 Å². The maximum atomic E-state index is 12.4. The van der Waals surface area contributed by atoms with E-state index in [0.717, 1.165) is 31.2 Å². The smallest absolute Gasteiger partial charge is 0.227 e. The van der Waals surface area contributed by atoms with E-state index in [0.29, 0.717) is 5.69 Å². The number of rotatable bonds is 4. The first kappa shape index (κ1) is 15.5. The van der Waals surface area contributed by atoms with E-state index in [-0.39, 0.29) is 30.2 Å². The maximum absolute atomic E-state index is 12.4. The molecule has 2 rings (SSSR count). The molecule has 0 spiro atoms. The van der Waals surface area contributed by atoms with E-state index < -0.39 is 0 Å². The molecular weight excluding hydrogens is 266 g/mol. The van der Waals surface area contributed by atoms with E-state index in [1.165, 1.54) is 0 Å². The molecule has 1 saturated carbocycles. The van der Waals surface area contributed by atoms with Crippen molar-refractivity contribution in [1.29, 1.82) is 0 Å². The first-order valence-electron chi connectivity index (χ1n) is 7.45. The number of nitrogens with one attached hydrogen (secondary N) is 2. The van der Waals surface area contributed by atoms with Gasteiger partial charge in [0.05, 0.1) is 6.42 Å². The molecule has 2 atom stereocenters. The SMILES string of the molecule is CNC(=O)Cc1ccccc1NC(=O)C1CCCC(N)C1. The number of anilines is 1. The van der Waals surface area contributed by atoms with Gasteiger partial charge in [0, 0.05) is 24.7 Å². The van der Waals surface area contributed by atoms with Gasteiger partial charge in [0.25, 0.3) is 0 Å². The molecule has 114 valence electrons. The molecular formula is C16H23N3O2. The monoisotopic (exact) mass is 289 g/mol. The molecule has 1 fully saturated rings. The zero-order chi connectivity index (χ0) is 15.2. The van der Waals surface area contributed by atoms with Crippen molar-refractivity contribution < 1.29 is 9.59 Å². The third kappa shape index (κ3) is 4.29. The minimum absolute atomic E-state index is 0.00880. The number of likely N-dealkylation sites (N-methyl/N-ethyl adjacent to an activating group) is 1. The molecule has 2 amide bonds. The van der Waals surface area contributed by atoms with Crippen molar-refractivity contribution in [1.82, 2.24) is 5.32 Å². The third-order valence-electron chi connectivity index (χ3n) is 3.99. The van der Waals surface area contributed by atoms with Crippen molar-refractivity contribution in [2.45, 2.75) is 38.1 Å². The molecule has 5 heteroatoms. The van der Waals surface area contributed by atoms with E-state index in [9.17, 15) is 9.59 Å². The van der Waals surface area contributed by atoms with Gasteiger partial charge in [-0.2, -0.15) is 0 Å². The molecule has 1 aromatic rings. The first-order chi connectivity index (χ1) is 10.1. The summed E-state index contributed by atoms with van der Waals surface area (Å²) in [7, 11) is 1.60. The molecule has 5 nitrogen and oxygen atoms in total.